The minimum Gasteiger partial charge on any atom is -0.375 e. The molecule has 0 saturated carbocycles. The molecule has 0 fully saturated rings. The van der Waals surface area contributed by atoms with Gasteiger partial charge in [-0.1, -0.05) is 74.7 Å². The number of carbonyl (C=O) groups excluding carboxylic acids is 2. The van der Waals surface area contributed by atoms with Gasteiger partial charge >= 0.3 is 0 Å². The minimum atomic E-state index is -1.85. The van der Waals surface area contributed by atoms with Gasteiger partial charge in [0.1, 0.15) is 5.78 Å². The fourth-order valence-electron chi connectivity index (χ4n) is 3.55. The highest BCUT2D eigenvalue weighted by Gasteiger charge is 2.51. The van der Waals surface area contributed by atoms with Crippen molar-refractivity contribution in [2.45, 2.75) is 70.8 Å². The molecule has 0 bridgehead atoms. The van der Waals surface area contributed by atoms with Gasteiger partial charge in [-0.05, 0) is 19.4 Å². The molecule has 1 unspecified atom stereocenters. The number of benzene rings is 1. The molecule has 1 aromatic carbocycles. The summed E-state index contributed by atoms with van der Waals surface area (Å²) < 4.78 is 0. The minimum absolute atomic E-state index is 0.250. The Hall–Kier alpha value is -1.10. The normalized spacial score (nSPS) is 19.1. The third-order valence-corrected chi connectivity index (χ3v) is 5.67. The summed E-state index contributed by atoms with van der Waals surface area (Å²) in [5.41, 5.74) is -1.04. The average molecular weight is 400 g/mol. The summed E-state index contributed by atoms with van der Waals surface area (Å²) >= 11 is 12.5. The number of ketones is 1. The summed E-state index contributed by atoms with van der Waals surface area (Å²) in [4.78, 5) is 26.0. The van der Waals surface area contributed by atoms with Crippen LogP contribution in [0.25, 0.3) is 0 Å². The summed E-state index contributed by atoms with van der Waals surface area (Å²) in [6.45, 7) is 4.01. The summed E-state index contributed by atoms with van der Waals surface area (Å²) in [5, 5.41) is 11.5. The first kappa shape index (κ1) is 21.2. The van der Waals surface area contributed by atoms with Gasteiger partial charge in [-0.15, -0.1) is 0 Å². The van der Waals surface area contributed by atoms with Crippen molar-refractivity contribution in [3.63, 3.8) is 0 Å². The Bertz CT molecular complexity index is 677. The lowest BCUT2D eigenvalue weighted by atomic mass is 9.90. The van der Waals surface area contributed by atoms with Crippen LogP contribution < -0.4 is 4.90 Å². The van der Waals surface area contributed by atoms with Gasteiger partial charge in [0, 0.05) is 18.5 Å². The summed E-state index contributed by atoms with van der Waals surface area (Å²) in [7, 11) is 0. The number of rotatable bonds is 10. The molecular weight excluding hydrogens is 373 g/mol. The van der Waals surface area contributed by atoms with Crippen LogP contribution >= 0.6 is 23.2 Å². The number of amides is 1. The molecule has 1 aliphatic rings. The van der Waals surface area contributed by atoms with E-state index < -0.39 is 11.5 Å². The Kier molecular flexibility index (Phi) is 7.51. The van der Waals surface area contributed by atoms with Gasteiger partial charge in [-0.25, -0.2) is 0 Å². The molecule has 6 heteroatoms. The van der Waals surface area contributed by atoms with E-state index in [1.165, 1.54) is 37.5 Å². The number of unbranched alkanes of at least 4 members (excludes halogenated alkanes) is 6. The van der Waals surface area contributed by atoms with Gasteiger partial charge in [-0.2, -0.15) is 0 Å². The second-order valence-electron chi connectivity index (χ2n) is 7.07. The zero-order valence-electron chi connectivity index (χ0n) is 15.5. The van der Waals surface area contributed by atoms with Crippen molar-refractivity contribution in [3.05, 3.63) is 27.7 Å². The third kappa shape index (κ3) is 4.41. The molecule has 1 heterocycles. The Balaban J connectivity index is 2.14. The zero-order valence-corrected chi connectivity index (χ0v) is 17.0. The number of hydrogen-bond acceptors (Lipinski definition) is 3. The Labute approximate surface area is 165 Å². The van der Waals surface area contributed by atoms with Crippen molar-refractivity contribution in [2.24, 2.45) is 0 Å². The van der Waals surface area contributed by atoms with Gasteiger partial charge in [0.05, 0.1) is 15.7 Å². The number of hydrogen-bond donors (Lipinski definition) is 1. The summed E-state index contributed by atoms with van der Waals surface area (Å²) in [5.74, 6) is -0.742. The van der Waals surface area contributed by atoms with Crippen LogP contribution in [-0.2, 0) is 15.2 Å². The smallest absolute Gasteiger partial charge is 0.264 e. The average Bonchev–Trinajstić information content (AvgIpc) is 2.78. The highest BCUT2D eigenvalue weighted by atomic mass is 35.5. The third-order valence-electron chi connectivity index (χ3n) is 4.87. The van der Waals surface area contributed by atoms with E-state index >= 15 is 0 Å². The molecule has 4 nitrogen and oxygen atoms in total. The maximum Gasteiger partial charge on any atom is 0.264 e. The Morgan fingerprint density at radius 2 is 1.73 bits per heavy atom. The lowest BCUT2D eigenvalue weighted by Crippen LogP contribution is -2.42. The van der Waals surface area contributed by atoms with E-state index in [1.54, 1.807) is 12.1 Å². The van der Waals surface area contributed by atoms with Gasteiger partial charge in [-0.3, -0.25) is 9.59 Å². The molecule has 1 atom stereocenters. The number of anilines is 1. The SMILES string of the molecule is CCCCCCCCCN1C(=O)C(O)(CC(C)=O)c2ccc(Cl)c(Cl)c21. The molecule has 0 radical (unpaired) electrons. The Morgan fingerprint density at radius 1 is 1.12 bits per heavy atom. The topological polar surface area (TPSA) is 57.6 Å². The van der Waals surface area contributed by atoms with Crippen LogP contribution in [0.3, 0.4) is 0 Å². The molecule has 1 N–H and O–H groups in total. The van der Waals surface area contributed by atoms with E-state index in [1.807, 2.05) is 0 Å². The van der Waals surface area contributed by atoms with E-state index in [0.717, 1.165) is 19.3 Å². The van der Waals surface area contributed by atoms with Crippen molar-refractivity contribution >= 4 is 40.6 Å². The van der Waals surface area contributed by atoms with Crippen molar-refractivity contribution < 1.29 is 14.7 Å². The van der Waals surface area contributed by atoms with Crippen molar-refractivity contribution in [3.8, 4) is 0 Å². The number of nitrogens with zero attached hydrogens (tertiary/aromatic N) is 1. The van der Waals surface area contributed by atoms with Gasteiger partial charge in [0.2, 0.25) is 0 Å². The van der Waals surface area contributed by atoms with E-state index in [4.69, 9.17) is 23.2 Å². The number of Topliss-reactive ketones (excluding diaryl/α,β-unsaturated/α-hetero) is 1. The number of carbonyl (C=O) groups is 2. The molecule has 0 aromatic heterocycles. The second-order valence-corrected chi connectivity index (χ2v) is 7.86. The molecule has 2 rings (SSSR count). The zero-order chi connectivity index (χ0) is 19.3. The van der Waals surface area contributed by atoms with Crippen molar-refractivity contribution in [1.82, 2.24) is 0 Å². The van der Waals surface area contributed by atoms with Crippen molar-refractivity contribution in [2.75, 3.05) is 11.4 Å². The van der Waals surface area contributed by atoms with Crippen LogP contribution in [-0.4, -0.2) is 23.3 Å². The van der Waals surface area contributed by atoms with Crippen molar-refractivity contribution in [1.29, 1.82) is 0 Å². The monoisotopic (exact) mass is 399 g/mol. The molecule has 0 saturated heterocycles. The van der Waals surface area contributed by atoms with E-state index in [9.17, 15) is 14.7 Å². The largest absolute Gasteiger partial charge is 0.375 e. The van der Waals surface area contributed by atoms with E-state index in [0.29, 0.717) is 22.8 Å². The lowest BCUT2D eigenvalue weighted by molar-refractivity contribution is -0.141. The van der Waals surface area contributed by atoms with Crippen LogP contribution in [0.4, 0.5) is 5.69 Å². The van der Waals surface area contributed by atoms with Crippen LogP contribution in [0.2, 0.25) is 10.0 Å². The van der Waals surface area contributed by atoms with E-state index in [-0.39, 0.29) is 17.2 Å². The maximum absolute atomic E-state index is 12.9. The number of fused-ring (bicyclic) bond motifs is 1. The van der Waals surface area contributed by atoms with Crippen LogP contribution in [0.5, 0.6) is 0 Å². The fraction of sp³-hybridized carbons (Fsp3) is 0.600. The van der Waals surface area contributed by atoms with E-state index in [2.05, 4.69) is 6.92 Å². The predicted molar refractivity (Wildman–Crippen MR) is 106 cm³/mol. The first-order valence-corrected chi connectivity index (χ1v) is 10.1. The quantitative estimate of drug-likeness (QED) is 0.545. The predicted octanol–water partition coefficient (Wildman–Crippen LogP) is 5.26. The molecule has 1 amide bonds. The Morgan fingerprint density at radius 3 is 2.35 bits per heavy atom. The van der Waals surface area contributed by atoms with Crippen LogP contribution in [0.15, 0.2) is 12.1 Å². The molecule has 144 valence electrons. The molecule has 1 aromatic rings. The molecule has 0 aliphatic carbocycles. The molecule has 1 aliphatic heterocycles. The first-order chi connectivity index (χ1) is 12.3. The lowest BCUT2D eigenvalue weighted by Gasteiger charge is -2.22. The molecular formula is C20H27Cl2NO3. The maximum atomic E-state index is 12.9. The summed E-state index contributed by atoms with van der Waals surface area (Å²) in [6.07, 6.45) is 7.58. The highest BCUT2D eigenvalue weighted by molar-refractivity contribution is 6.44. The standard InChI is InChI=1S/C20H27Cl2NO3/c1-3-4-5-6-7-8-9-12-23-18-15(10-11-16(21)17(18)22)20(26,19(23)25)13-14(2)24/h10-11,26H,3-9,12-13H2,1-2H3. The molecule has 0 spiro atoms. The second kappa shape index (κ2) is 9.20. The fourth-order valence-corrected chi connectivity index (χ4v) is 3.97. The van der Waals surface area contributed by atoms with Gasteiger partial charge < -0.3 is 10.0 Å². The highest BCUT2D eigenvalue weighted by Crippen LogP contribution is 2.48. The molecule has 26 heavy (non-hydrogen) atoms. The van der Waals surface area contributed by atoms with Gasteiger partial charge in [0.15, 0.2) is 5.60 Å². The van der Waals surface area contributed by atoms with Gasteiger partial charge in [0.25, 0.3) is 5.91 Å². The number of aliphatic hydroxyl groups is 1. The van der Waals surface area contributed by atoms with Crippen LogP contribution in [0, 0.1) is 0 Å². The summed E-state index contributed by atoms with van der Waals surface area (Å²) in [6, 6.07) is 3.15. The first-order valence-electron chi connectivity index (χ1n) is 9.35. The van der Waals surface area contributed by atoms with Crippen LogP contribution in [0.1, 0.15) is 70.8 Å². The number of halogens is 2.